The number of amides is 2. The number of carbonyl (C=O) groups excluding carboxylic acids is 2. The minimum atomic E-state index is -0.904. The number of anilines is 1. The van der Waals surface area contributed by atoms with Gasteiger partial charge in [0.15, 0.2) is 5.69 Å². The van der Waals surface area contributed by atoms with Gasteiger partial charge in [0.05, 0.1) is 0 Å². The van der Waals surface area contributed by atoms with Crippen LogP contribution in [0.5, 0.6) is 0 Å². The SMILES string of the molecule is CNC(=O)C1(Nc2cccc(F)c2)CCN(C(=O)c2cc(C)on2)CC1. The van der Waals surface area contributed by atoms with Crippen LogP contribution in [0.4, 0.5) is 10.1 Å². The molecule has 0 saturated carbocycles. The summed E-state index contributed by atoms with van der Waals surface area (Å²) in [4.78, 5) is 26.7. The van der Waals surface area contributed by atoms with E-state index >= 15 is 0 Å². The van der Waals surface area contributed by atoms with Gasteiger partial charge in [-0.1, -0.05) is 11.2 Å². The highest BCUT2D eigenvalue weighted by Gasteiger charge is 2.42. The molecule has 7 nitrogen and oxygen atoms in total. The lowest BCUT2D eigenvalue weighted by atomic mass is 9.85. The lowest BCUT2D eigenvalue weighted by Gasteiger charge is -2.41. The average molecular weight is 360 g/mol. The Hall–Kier alpha value is -2.90. The summed E-state index contributed by atoms with van der Waals surface area (Å²) in [6.45, 7) is 2.47. The highest BCUT2D eigenvalue weighted by atomic mass is 19.1. The molecule has 0 aliphatic carbocycles. The number of likely N-dealkylation sites (tertiary alicyclic amines) is 1. The van der Waals surface area contributed by atoms with Crippen molar-refractivity contribution in [1.82, 2.24) is 15.4 Å². The van der Waals surface area contributed by atoms with Crippen molar-refractivity contribution in [2.24, 2.45) is 0 Å². The summed E-state index contributed by atoms with van der Waals surface area (Å²) in [7, 11) is 1.56. The van der Waals surface area contributed by atoms with Crippen LogP contribution in [0.3, 0.4) is 0 Å². The third kappa shape index (κ3) is 3.54. The Morgan fingerprint density at radius 3 is 2.58 bits per heavy atom. The van der Waals surface area contributed by atoms with Gasteiger partial charge < -0.3 is 20.1 Å². The first kappa shape index (κ1) is 17.9. The fourth-order valence-corrected chi connectivity index (χ4v) is 3.21. The average Bonchev–Trinajstić information content (AvgIpc) is 3.07. The van der Waals surface area contributed by atoms with E-state index in [2.05, 4.69) is 15.8 Å². The molecule has 0 spiro atoms. The standard InChI is InChI=1S/C18H21FN4O3/c1-12-10-15(22-26-12)16(24)23-8-6-18(7-9-23,17(25)20-2)21-14-5-3-4-13(19)11-14/h3-5,10-11,21H,6-9H2,1-2H3,(H,20,25). The zero-order valence-electron chi connectivity index (χ0n) is 14.7. The van der Waals surface area contributed by atoms with Crippen LogP contribution in [0, 0.1) is 12.7 Å². The van der Waals surface area contributed by atoms with Crippen molar-refractivity contribution < 1.29 is 18.5 Å². The van der Waals surface area contributed by atoms with Crippen molar-refractivity contribution >= 4 is 17.5 Å². The van der Waals surface area contributed by atoms with E-state index in [-0.39, 0.29) is 23.3 Å². The minimum Gasteiger partial charge on any atom is -0.371 e. The number of hydrogen-bond acceptors (Lipinski definition) is 5. The second-order valence-electron chi connectivity index (χ2n) is 6.41. The second kappa shape index (κ2) is 7.15. The lowest BCUT2D eigenvalue weighted by Crippen LogP contribution is -2.58. The summed E-state index contributed by atoms with van der Waals surface area (Å²) in [5.41, 5.74) is -0.118. The Bertz CT molecular complexity index is 812. The molecule has 2 heterocycles. The first-order valence-corrected chi connectivity index (χ1v) is 8.42. The molecule has 1 aliphatic rings. The van der Waals surface area contributed by atoms with Crippen LogP contribution in [-0.4, -0.2) is 47.5 Å². The van der Waals surface area contributed by atoms with Crippen molar-refractivity contribution in [3.63, 3.8) is 0 Å². The van der Waals surface area contributed by atoms with Gasteiger partial charge in [-0.15, -0.1) is 0 Å². The molecule has 26 heavy (non-hydrogen) atoms. The third-order valence-electron chi connectivity index (χ3n) is 4.62. The van der Waals surface area contributed by atoms with E-state index in [4.69, 9.17) is 4.52 Å². The molecular formula is C18H21FN4O3. The number of aryl methyl sites for hydroxylation is 1. The maximum atomic E-state index is 13.5. The highest BCUT2D eigenvalue weighted by molar-refractivity contribution is 5.93. The van der Waals surface area contributed by atoms with Crippen LogP contribution in [0.2, 0.25) is 0 Å². The minimum absolute atomic E-state index is 0.189. The first-order chi connectivity index (χ1) is 12.4. The van der Waals surface area contributed by atoms with Crippen molar-refractivity contribution in [2.75, 3.05) is 25.5 Å². The van der Waals surface area contributed by atoms with E-state index in [0.29, 0.717) is 37.4 Å². The third-order valence-corrected chi connectivity index (χ3v) is 4.62. The van der Waals surface area contributed by atoms with Crippen LogP contribution in [0.25, 0.3) is 0 Å². The van der Waals surface area contributed by atoms with Crippen molar-refractivity contribution in [3.05, 3.63) is 47.6 Å². The summed E-state index contributed by atoms with van der Waals surface area (Å²) in [5.74, 6) is -0.224. The van der Waals surface area contributed by atoms with Crippen LogP contribution in [-0.2, 0) is 4.79 Å². The second-order valence-corrected chi connectivity index (χ2v) is 6.41. The molecule has 2 N–H and O–H groups in total. The number of nitrogens with one attached hydrogen (secondary N) is 2. The van der Waals surface area contributed by atoms with E-state index in [1.807, 2.05) is 0 Å². The number of carbonyl (C=O) groups is 2. The molecular weight excluding hydrogens is 339 g/mol. The van der Waals surface area contributed by atoms with Crippen LogP contribution in [0.1, 0.15) is 29.1 Å². The number of nitrogens with zero attached hydrogens (tertiary/aromatic N) is 2. The van der Waals surface area contributed by atoms with Gasteiger partial charge in [0.25, 0.3) is 5.91 Å². The summed E-state index contributed by atoms with van der Waals surface area (Å²) in [6, 6.07) is 7.58. The highest BCUT2D eigenvalue weighted by Crippen LogP contribution is 2.28. The number of aromatic nitrogens is 1. The van der Waals surface area contributed by atoms with E-state index in [9.17, 15) is 14.0 Å². The zero-order chi connectivity index (χ0) is 18.7. The van der Waals surface area contributed by atoms with Gasteiger partial charge in [-0.2, -0.15) is 0 Å². The Labute approximate surface area is 150 Å². The molecule has 1 aromatic carbocycles. The Morgan fingerprint density at radius 2 is 2.00 bits per heavy atom. The van der Waals surface area contributed by atoms with Crippen LogP contribution < -0.4 is 10.6 Å². The summed E-state index contributed by atoms with van der Waals surface area (Å²) >= 11 is 0. The molecule has 0 bridgehead atoms. The van der Waals surface area contributed by atoms with Gasteiger partial charge in [0.1, 0.15) is 17.1 Å². The fraction of sp³-hybridized carbons (Fsp3) is 0.389. The van der Waals surface area contributed by atoms with Crippen LogP contribution in [0.15, 0.2) is 34.9 Å². The van der Waals surface area contributed by atoms with E-state index in [1.165, 1.54) is 12.1 Å². The molecule has 3 rings (SSSR count). The predicted octanol–water partition coefficient (Wildman–Crippen LogP) is 1.96. The van der Waals surface area contributed by atoms with Gasteiger partial charge in [0.2, 0.25) is 5.91 Å². The number of piperidine rings is 1. The smallest absolute Gasteiger partial charge is 0.276 e. The topological polar surface area (TPSA) is 87.5 Å². The lowest BCUT2D eigenvalue weighted by molar-refractivity contribution is -0.126. The predicted molar refractivity (Wildman–Crippen MR) is 93.2 cm³/mol. The van der Waals surface area contributed by atoms with Crippen LogP contribution >= 0.6 is 0 Å². The van der Waals surface area contributed by atoms with Gasteiger partial charge >= 0.3 is 0 Å². The van der Waals surface area contributed by atoms with Gasteiger partial charge in [0, 0.05) is 31.9 Å². The maximum absolute atomic E-state index is 13.5. The maximum Gasteiger partial charge on any atom is 0.276 e. The Balaban J connectivity index is 1.75. The monoisotopic (exact) mass is 360 g/mol. The molecule has 2 aromatic rings. The summed E-state index contributed by atoms with van der Waals surface area (Å²) in [6.07, 6.45) is 0.789. The van der Waals surface area contributed by atoms with Gasteiger partial charge in [-0.25, -0.2) is 4.39 Å². The van der Waals surface area contributed by atoms with Crippen molar-refractivity contribution in [3.8, 4) is 0 Å². The molecule has 0 unspecified atom stereocenters. The molecule has 138 valence electrons. The van der Waals surface area contributed by atoms with E-state index < -0.39 is 5.54 Å². The normalized spacial score (nSPS) is 16.2. The zero-order valence-corrected chi connectivity index (χ0v) is 14.7. The van der Waals surface area contributed by atoms with Gasteiger partial charge in [-0.3, -0.25) is 9.59 Å². The molecule has 1 aliphatic heterocycles. The summed E-state index contributed by atoms with van der Waals surface area (Å²) < 4.78 is 18.4. The van der Waals surface area contributed by atoms with E-state index in [0.717, 1.165) is 0 Å². The summed E-state index contributed by atoms with van der Waals surface area (Å²) in [5, 5.41) is 9.58. The van der Waals surface area contributed by atoms with Crippen molar-refractivity contribution in [1.29, 1.82) is 0 Å². The fourth-order valence-electron chi connectivity index (χ4n) is 3.21. The number of benzene rings is 1. The first-order valence-electron chi connectivity index (χ1n) is 8.42. The molecule has 1 saturated heterocycles. The molecule has 2 amide bonds. The Kier molecular flexibility index (Phi) is 4.92. The molecule has 1 aromatic heterocycles. The number of rotatable bonds is 4. The number of hydrogen-bond donors (Lipinski definition) is 2. The number of likely N-dealkylation sites (N-methyl/N-ethyl adjacent to an activating group) is 1. The largest absolute Gasteiger partial charge is 0.371 e. The molecule has 0 radical (unpaired) electrons. The molecule has 1 fully saturated rings. The van der Waals surface area contributed by atoms with E-state index in [1.54, 1.807) is 37.1 Å². The van der Waals surface area contributed by atoms with Gasteiger partial charge in [-0.05, 0) is 38.0 Å². The molecule has 0 atom stereocenters. The molecule has 8 heteroatoms. The van der Waals surface area contributed by atoms with Crippen molar-refractivity contribution in [2.45, 2.75) is 25.3 Å². The quantitative estimate of drug-likeness (QED) is 0.870. The number of halogens is 1. The Morgan fingerprint density at radius 1 is 1.27 bits per heavy atom.